The molecule has 0 aromatic heterocycles. The molecule has 0 aliphatic heterocycles. The number of benzene rings is 2. The zero-order valence-corrected chi connectivity index (χ0v) is 12.9. The number of likely N-dealkylation sites (N-methyl/N-ethyl adjacent to an activating group) is 1. The second-order valence-corrected chi connectivity index (χ2v) is 5.62. The highest BCUT2D eigenvalue weighted by Gasteiger charge is 2.19. The second-order valence-electron chi connectivity index (χ2n) is 4.71. The van der Waals surface area contributed by atoms with Crippen molar-refractivity contribution in [3.63, 3.8) is 0 Å². The Bertz CT molecular complexity index is 569. The van der Waals surface area contributed by atoms with E-state index in [1.54, 1.807) is 11.9 Å². The summed E-state index contributed by atoms with van der Waals surface area (Å²) in [4.78, 5) is 14.0. The summed E-state index contributed by atoms with van der Waals surface area (Å²) in [7, 11) is 1.77. The summed E-state index contributed by atoms with van der Waals surface area (Å²) in [6.45, 7) is 0.548. The molecule has 0 heterocycles. The van der Waals surface area contributed by atoms with E-state index in [0.29, 0.717) is 6.54 Å². The molecule has 0 saturated heterocycles. The molecular weight excluding hydrogens is 316 g/mol. The standard InChI is InChI=1S/C16H17BrN2O/c1-19(11-12-7-9-14(17)10-8-12)16(20)15(18)13-5-3-2-4-6-13/h2-10,15H,11,18H2,1H3. The van der Waals surface area contributed by atoms with Gasteiger partial charge in [0.25, 0.3) is 0 Å². The quantitative estimate of drug-likeness (QED) is 0.935. The smallest absolute Gasteiger partial charge is 0.244 e. The Morgan fingerprint density at radius 3 is 2.35 bits per heavy atom. The molecule has 104 valence electrons. The lowest BCUT2D eigenvalue weighted by Gasteiger charge is -2.21. The maximum Gasteiger partial charge on any atom is 0.244 e. The summed E-state index contributed by atoms with van der Waals surface area (Å²) < 4.78 is 1.02. The number of halogens is 1. The minimum Gasteiger partial charge on any atom is -0.340 e. The molecule has 2 N–H and O–H groups in total. The predicted molar refractivity (Wildman–Crippen MR) is 84.0 cm³/mol. The number of hydrogen-bond acceptors (Lipinski definition) is 2. The van der Waals surface area contributed by atoms with E-state index >= 15 is 0 Å². The molecule has 0 aliphatic carbocycles. The molecule has 2 aromatic rings. The van der Waals surface area contributed by atoms with Crippen molar-refractivity contribution in [2.45, 2.75) is 12.6 Å². The van der Waals surface area contributed by atoms with Crippen molar-refractivity contribution < 1.29 is 4.79 Å². The van der Waals surface area contributed by atoms with Crippen LogP contribution in [-0.2, 0) is 11.3 Å². The van der Waals surface area contributed by atoms with E-state index in [-0.39, 0.29) is 5.91 Å². The average Bonchev–Trinajstić information content (AvgIpc) is 2.49. The number of rotatable bonds is 4. The van der Waals surface area contributed by atoms with Gasteiger partial charge in [0.05, 0.1) is 0 Å². The van der Waals surface area contributed by atoms with Crippen LogP contribution in [0.15, 0.2) is 59.1 Å². The Kier molecular flexibility index (Phi) is 4.93. The Labute approximate surface area is 127 Å². The largest absolute Gasteiger partial charge is 0.340 e. The zero-order chi connectivity index (χ0) is 14.5. The number of carbonyl (C=O) groups is 1. The van der Waals surface area contributed by atoms with Crippen molar-refractivity contribution in [1.82, 2.24) is 4.90 Å². The van der Waals surface area contributed by atoms with Crippen LogP contribution in [0.25, 0.3) is 0 Å². The van der Waals surface area contributed by atoms with Crippen LogP contribution in [0.5, 0.6) is 0 Å². The molecule has 4 heteroatoms. The number of nitrogens with zero attached hydrogens (tertiary/aromatic N) is 1. The van der Waals surface area contributed by atoms with Crippen LogP contribution in [-0.4, -0.2) is 17.9 Å². The number of hydrogen-bond donors (Lipinski definition) is 1. The lowest BCUT2D eigenvalue weighted by atomic mass is 10.1. The van der Waals surface area contributed by atoms with Crippen molar-refractivity contribution in [3.8, 4) is 0 Å². The van der Waals surface area contributed by atoms with E-state index in [0.717, 1.165) is 15.6 Å². The Morgan fingerprint density at radius 1 is 1.15 bits per heavy atom. The number of amides is 1. The summed E-state index contributed by atoms with van der Waals surface area (Å²) in [5.41, 5.74) is 7.93. The van der Waals surface area contributed by atoms with E-state index in [2.05, 4.69) is 15.9 Å². The summed E-state index contributed by atoms with van der Waals surface area (Å²) in [6.07, 6.45) is 0. The number of nitrogens with two attached hydrogens (primary N) is 1. The molecule has 0 bridgehead atoms. The highest BCUT2D eigenvalue weighted by Crippen LogP contribution is 2.15. The molecule has 0 aliphatic rings. The lowest BCUT2D eigenvalue weighted by molar-refractivity contribution is -0.131. The molecule has 0 saturated carbocycles. The van der Waals surface area contributed by atoms with Crippen molar-refractivity contribution in [2.75, 3.05) is 7.05 Å². The van der Waals surface area contributed by atoms with Crippen LogP contribution in [0.1, 0.15) is 17.2 Å². The maximum atomic E-state index is 12.3. The molecule has 0 spiro atoms. The fourth-order valence-corrected chi connectivity index (χ4v) is 2.25. The van der Waals surface area contributed by atoms with E-state index in [1.165, 1.54) is 0 Å². The first-order valence-corrected chi connectivity index (χ1v) is 7.17. The van der Waals surface area contributed by atoms with Gasteiger partial charge in [-0.3, -0.25) is 4.79 Å². The third-order valence-corrected chi connectivity index (χ3v) is 3.66. The van der Waals surface area contributed by atoms with Gasteiger partial charge in [0.15, 0.2) is 0 Å². The molecule has 0 radical (unpaired) electrons. The molecule has 0 fully saturated rings. The van der Waals surface area contributed by atoms with Crippen molar-refractivity contribution >= 4 is 21.8 Å². The van der Waals surface area contributed by atoms with Crippen LogP contribution >= 0.6 is 15.9 Å². The minimum absolute atomic E-state index is 0.0841. The number of carbonyl (C=O) groups excluding carboxylic acids is 1. The molecule has 1 amide bonds. The first-order chi connectivity index (χ1) is 9.58. The Balaban J connectivity index is 2.03. The Morgan fingerprint density at radius 2 is 1.75 bits per heavy atom. The van der Waals surface area contributed by atoms with Gasteiger partial charge in [0, 0.05) is 18.1 Å². The normalized spacial score (nSPS) is 11.9. The maximum absolute atomic E-state index is 12.3. The van der Waals surface area contributed by atoms with Crippen molar-refractivity contribution in [3.05, 3.63) is 70.2 Å². The second kappa shape index (κ2) is 6.68. The zero-order valence-electron chi connectivity index (χ0n) is 11.3. The fourth-order valence-electron chi connectivity index (χ4n) is 1.98. The van der Waals surface area contributed by atoms with Crippen LogP contribution in [0.2, 0.25) is 0 Å². The molecule has 3 nitrogen and oxygen atoms in total. The van der Waals surface area contributed by atoms with Gasteiger partial charge in [-0.25, -0.2) is 0 Å². The molecule has 1 atom stereocenters. The van der Waals surface area contributed by atoms with Gasteiger partial charge < -0.3 is 10.6 Å². The van der Waals surface area contributed by atoms with E-state index < -0.39 is 6.04 Å². The van der Waals surface area contributed by atoms with Gasteiger partial charge >= 0.3 is 0 Å². The van der Waals surface area contributed by atoms with Crippen LogP contribution in [0.3, 0.4) is 0 Å². The van der Waals surface area contributed by atoms with E-state index in [4.69, 9.17) is 5.73 Å². The molecule has 20 heavy (non-hydrogen) atoms. The van der Waals surface area contributed by atoms with Gasteiger partial charge in [-0.15, -0.1) is 0 Å². The molecule has 1 unspecified atom stereocenters. The Hall–Kier alpha value is -1.65. The topological polar surface area (TPSA) is 46.3 Å². The molecule has 2 aromatic carbocycles. The fraction of sp³-hybridized carbons (Fsp3) is 0.188. The first kappa shape index (κ1) is 14.8. The van der Waals surface area contributed by atoms with E-state index in [9.17, 15) is 4.79 Å². The van der Waals surface area contributed by atoms with Crippen LogP contribution in [0.4, 0.5) is 0 Å². The first-order valence-electron chi connectivity index (χ1n) is 6.38. The van der Waals surface area contributed by atoms with Crippen LogP contribution in [0, 0.1) is 0 Å². The summed E-state index contributed by atoms with van der Waals surface area (Å²) in [5, 5.41) is 0. The summed E-state index contributed by atoms with van der Waals surface area (Å²) in [6, 6.07) is 16.7. The van der Waals surface area contributed by atoms with E-state index in [1.807, 2.05) is 54.6 Å². The highest BCUT2D eigenvalue weighted by molar-refractivity contribution is 9.10. The van der Waals surface area contributed by atoms with Gasteiger partial charge in [-0.2, -0.15) is 0 Å². The lowest BCUT2D eigenvalue weighted by Crippen LogP contribution is -2.35. The highest BCUT2D eigenvalue weighted by atomic mass is 79.9. The molecular formula is C16H17BrN2O. The third kappa shape index (κ3) is 3.68. The third-order valence-electron chi connectivity index (χ3n) is 3.13. The monoisotopic (exact) mass is 332 g/mol. The van der Waals surface area contributed by atoms with Gasteiger partial charge in [0.2, 0.25) is 5.91 Å². The molecule has 2 rings (SSSR count). The average molecular weight is 333 g/mol. The van der Waals surface area contributed by atoms with Gasteiger partial charge in [-0.05, 0) is 23.3 Å². The SMILES string of the molecule is CN(Cc1ccc(Br)cc1)C(=O)C(N)c1ccccc1. The minimum atomic E-state index is -0.614. The van der Waals surface area contributed by atoms with Gasteiger partial charge in [0.1, 0.15) is 6.04 Å². The van der Waals surface area contributed by atoms with Crippen LogP contribution < -0.4 is 5.73 Å². The predicted octanol–water partition coefficient (Wildman–Crippen LogP) is 3.11. The summed E-state index contributed by atoms with van der Waals surface area (Å²) in [5.74, 6) is -0.0841. The van der Waals surface area contributed by atoms with Gasteiger partial charge in [-0.1, -0.05) is 58.4 Å². The summed E-state index contributed by atoms with van der Waals surface area (Å²) >= 11 is 3.39. The van der Waals surface area contributed by atoms with Crippen molar-refractivity contribution in [2.24, 2.45) is 5.73 Å². The van der Waals surface area contributed by atoms with Crippen molar-refractivity contribution in [1.29, 1.82) is 0 Å².